The maximum atomic E-state index is 10.1. The fraction of sp³-hybridized carbons (Fsp3) is 1.00. The largest absolute Gasteiger partial charge is 0.392 e. The summed E-state index contributed by atoms with van der Waals surface area (Å²) in [5, 5.41) is 9.04. The standard InChI is InChI=1S/C6H14O3S/c1-5(2)3-6(7)4-10(8)9/h5-7H,3-4H2,1-2H3,(H,8,9). The van der Waals surface area contributed by atoms with E-state index in [1.54, 1.807) is 0 Å². The van der Waals surface area contributed by atoms with Gasteiger partial charge in [-0.1, -0.05) is 13.8 Å². The van der Waals surface area contributed by atoms with Crippen LogP contribution in [0.1, 0.15) is 20.3 Å². The maximum absolute atomic E-state index is 10.1. The third-order valence-electron chi connectivity index (χ3n) is 1.08. The van der Waals surface area contributed by atoms with E-state index in [4.69, 9.17) is 9.66 Å². The average molecular weight is 166 g/mol. The fourth-order valence-electron chi connectivity index (χ4n) is 0.777. The van der Waals surface area contributed by atoms with Gasteiger partial charge in [0.05, 0.1) is 11.9 Å². The minimum absolute atomic E-state index is 0.0296. The SMILES string of the molecule is CC(C)CC(O)CS(=O)O. The minimum atomic E-state index is -1.86. The summed E-state index contributed by atoms with van der Waals surface area (Å²) in [6, 6.07) is 0. The van der Waals surface area contributed by atoms with Gasteiger partial charge in [0, 0.05) is 0 Å². The Morgan fingerprint density at radius 1 is 1.50 bits per heavy atom. The summed E-state index contributed by atoms with van der Waals surface area (Å²) in [6.45, 7) is 3.92. The molecular formula is C6H14O3S. The van der Waals surface area contributed by atoms with Crippen molar-refractivity contribution in [3.05, 3.63) is 0 Å². The first-order valence-corrected chi connectivity index (χ1v) is 4.55. The zero-order valence-electron chi connectivity index (χ0n) is 6.28. The predicted molar refractivity (Wildman–Crippen MR) is 41.1 cm³/mol. The molecule has 0 fully saturated rings. The second-order valence-corrected chi connectivity index (χ2v) is 3.75. The highest BCUT2D eigenvalue weighted by atomic mass is 32.2. The van der Waals surface area contributed by atoms with Crippen LogP contribution in [-0.2, 0) is 11.1 Å². The minimum Gasteiger partial charge on any atom is -0.392 e. The van der Waals surface area contributed by atoms with E-state index in [0.717, 1.165) is 0 Å². The molecule has 4 heteroatoms. The van der Waals surface area contributed by atoms with Gasteiger partial charge in [-0.05, 0) is 12.3 Å². The summed E-state index contributed by atoms with van der Waals surface area (Å²) in [7, 11) is 0. The van der Waals surface area contributed by atoms with Crippen molar-refractivity contribution in [3.8, 4) is 0 Å². The van der Waals surface area contributed by atoms with Gasteiger partial charge in [0.25, 0.3) is 0 Å². The molecule has 0 saturated heterocycles. The van der Waals surface area contributed by atoms with E-state index in [0.29, 0.717) is 12.3 Å². The van der Waals surface area contributed by atoms with E-state index in [1.165, 1.54) is 0 Å². The number of hydrogen-bond donors (Lipinski definition) is 2. The number of hydrogen-bond acceptors (Lipinski definition) is 2. The lowest BCUT2D eigenvalue weighted by Gasteiger charge is -2.09. The van der Waals surface area contributed by atoms with Crippen LogP contribution in [0.4, 0.5) is 0 Å². The quantitative estimate of drug-likeness (QED) is 0.602. The van der Waals surface area contributed by atoms with Crippen molar-refractivity contribution in [3.63, 3.8) is 0 Å². The highest BCUT2D eigenvalue weighted by Gasteiger charge is 2.08. The first-order chi connectivity index (χ1) is 4.52. The normalized spacial score (nSPS) is 17.3. The Morgan fingerprint density at radius 3 is 2.30 bits per heavy atom. The van der Waals surface area contributed by atoms with E-state index in [2.05, 4.69) is 0 Å². The van der Waals surface area contributed by atoms with Crippen LogP contribution in [0.5, 0.6) is 0 Å². The van der Waals surface area contributed by atoms with Gasteiger partial charge in [-0.3, -0.25) is 0 Å². The van der Waals surface area contributed by atoms with Gasteiger partial charge in [0.1, 0.15) is 0 Å². The molecule has 0 heterocycles. The highest BCUT2D eigenvalue weighted by Crippen LogP contribution is 2.04. The van der Waals surface area contributed by atoms with Gasteiger partial charge in [0.2, 0.25) is 0 Å². The molecule has 10 heavy (non-hydrogen) atoms. The first-order valence-electron chi connectivity index (χ1n) is 3.28. The molecule has 2 atom stereocenters. The van der Waals surface area contributed by atoms with Gasteiger partial charge < -0.3 is 9.66 Å². The van der Waals surface area contributed by atoms with E-state index in [1.807, 2.05) is 13.8 Å². The van der Waals surface area contributed by atoms with Crippen LogP contribution in [-0.4, -0.2) is 25.7 Å². The number of rotatable bonds is 4. The van der Waals surface area contributed by atoms with Crippen LogP contribution in [0, 0.1) is 5.92 Å². The fourth-order valence-corrected chi connectivity index (χ4v) is 1.24. The average Bonchev–Trinajstić information content (AvgIpc) is 1.58. The number of aliphatic hydroxyl groups is 1. The summed E-state index contributed by atoms with van der Waals surface area (Å²) in [5.41, 5.74) is 0. The zero-order valence-corrected chi connectivity index (χ0v) is 7.10. The molecule has 0 saturated carbocycles. The van der Waals surface area contributed by atoms with Gasteiger partial charge in [-0.15, -0.1) is 0 Å². The second-order valence-electron chi connectivity index (χ2n) is 2.77. The smallest absolute Gasteiger partial charge is 0.155 e. The molecule has 3 nitrogen and oxygen atoms in total. The lowest BCUT2D eigenvalue weighted by atomic mass is 10.1. The molecule has 2 unspecified atom stereocenters. The van der Waals surface area contributed by atoms with Crippen molar-refractivity contribution < 1.29 is 13.9 Å². The summed E-state index contributed by atoms with van der Waals surface area (Å²) in [6.07, 6.45) is -0.0439. The van der Waals surface area contributed by atoms with Crippen molar-refractivity contribution >= 4 is 11.1 Å². The van der Waals surface area contributed by atoms with Gasteiger partial charge in [0.15, 0.2) is 11.1 Å². The molecule has 0 aromatic heterocycles. The Morgan fingerprint density at radius 2 is 2.00 bits per heavy atom. The van der Waals surface area contributed by atoms with Gasteiger partial charge in [-0.2, -0.15) is 0 Å². The van der Waals surface area contributed by atoms with E-state index < -0.39 is 17.2 Å². The molecule has 62 valence electrons. The van der Waals surface area contributed by atoms with Crippen LogP contribution < -0.4 is 0 Å². The summed E-state index contributed by atoms with van der Waals surface area (Å²) in [5.74, 6) is 0.344. The van der Waals surface area contributed by atoms with E-state index in [9.17, 15) is 4.21 Å². The molecule has 0 bridgehead atoms. The highest BCUT2D eigenvalue weighted by molar-refractivity contribution is 7.79. The van der Waals surface area contributed by atoms with Crippen LogP contribution >= 0.6 is 0 Å². The topological polar surface area (TPSA) is 57.5 Å². The van der Waals surface area contributed by atoms with Crippen molar-refractivity contribution in [1.82, 2.24) is 0 Å². The molecular weight excluding hydrogens is 152 g/mol. The van der Waals surface area contributed by atoms with Crippen LogP contribution in [0.2, 0.25) is 0 Å². The lowest BCUT2D eigenvalue weighted by Crippen LogP contribution is -2.18. The van der Waals surface area contributed by atoms with Crippen molar-refractivity contribution in [2.45, 2.75) is 26.4 Å². The Labute approximate surface area is 63.7 Å². The van der Waals surface area contributed by atoms with Crippen molar-refractivity contribution in [2.75, 3.05) is 5.75 Å². The molecule has 0 spiro atoms. The van der Waals surface area contributed by atoms with Crippen LogP contribution in [0.25, 0.3) is 0 Å². The van der Waals surface area contributed by atoms with E-state index in [-0.39, 0.29) is 5.75 Å². The van der Waals surface area contributed by atoms with Gasteiger partial charge in [-0.25, -0.2) is 4.21 Å². The molecule has 2 N–H and O–H groups in total. The first kappa shape index (κ1) is 10.1. The van der Waals surface area contributed by atoms with Crippen LogP contribution in [0.15, 0.2) is 0 Å². The number of aliphatic hydroxyl groups excluding tert-OH is 1. The monoisotopic (exact) mass is 166 g/mol. The second kappa shape index (κ2) is 4.82. The molecule has 0 aromatic carbocycles. The Bertz CT molecular complexity index is 114. The Kier molecular flexibility index (Phi) is 4.85. The molecule has 0 aliphatic rings. The van der Waals surface area contributed by atoms with Crippen molar-refractivity contribution in [1.29, 1.82) is 0 Å². The lowest BCUT2D eigenvalue weighted by molar-refractivity contribution is 0.170. The molecule has 0 rings (SSSR count). The summed E-state index contributed by atoms with van der Waals surface area (Å²) in [4.78, 5) is 0. The maximum Gasteiger partial charge on any atom is 0.155 e. The third kappa shape index (κ3) is 6.19. The van der Waals surface area contributed by atoms with Crippen molar-refractivity contribution in [2.24, 2.45) is 5.92 Å². The Balaban J connectivity index is 3.43. The molecule has 0 aliphatic carbocycles. The molecule has 0 aliphatic heterocycles. The van der Waals surface area contributed by atoms with E-state index >= 15 is 0 Å². The van der Waals surface area contributed by atoms with Crippen LogP contribution in [0.3, 0.4) is 0 Å². The zero-order chi connectivity index (χ0) is 8.15. The molecule has 0 aromatic rings. The predicted octanol–water partition coefficient (Wildman–Crippen LogP) is 0.615. The summed E-state index contributed by atoms with van der Waals surface area (Å²) < 4.78 is 18.5. The summed E-state index contributed by atoms with van der Waals surface area (Å²) >= 11 is -1.86. The third-order valence-corrected chi connectivity index (χ3v) is 1.75. The van der Waals surface area contributed by atoms with Gasteiger partial charge >= 0.3 is 0 Å². The molecule has 0 amide bonds. The Hall–Kier alpha value is 0.0700. The molecule has 0 radical (unpaired) electrons.